The van der Waals surface area contributed by atoms with Gasteiger partial charge in [0.15, 0.2) is 5.82 Å². The molecule has 3 heteroatoms. The lowest BCUT2D eigenvalue weighted by Gasteiger charge is -2.22. The van der Waals surface area contributed by atoms with E-state index in [0.717, 1.165) is 49.7 Å². The van der Waals surface area contributed by atoms with Crippen LogP contribution in [0.3, 0.4) is 0 Å². The monoisotopic (exact) mass is 604 g/mol. The van der Waals surface area contributed by atoms with Gasteiger partial charge < -0.3 is 4.42 Å². The zero-order valence-electron chi connectivity index (χ0n) is 26.8. The van der Waals surface area contributed by atoms with Crippen LogP contribution in [0.25, 0.3) is 77.7 Å². The highest BCUT2D eigenvalue weighted by atomic mass is 16.3. The number of para-hydroxylation sites is 2. The number of benzene rings is 6. The molecule has 0 saturated heterocycles. The summed E-state index contributed by atoms with van der Waals surface area (Å²) in [4.78, 5) is 10.5. The number of aromatic nitrogens is 2. The van der Waals surface area contributed by atoms with Crippen LogP contribution in [-0.4, -0.2) is 9.97 Å². The van der Waals surface area contributed by atoms with Crippen LogP contribution in [0.2, 0.25) is 0 Å². The van der Waals surface area contributed by atoms with Crippen molar-refractivity contribution in [2.24, 2.45) is 0 Å². The molecule has 0 unspecified atom stereocenters. The summed E-state index contributed by atoms with van der Waals surface area (Å²) in [5.74, 6) is 0.671. The van der Waals surface area contributed by atoms with Crippen LogP contribution < -0.4 is 0 Å². The van der Waals surface area contributed by atoms with E-state index in [1.165, 1.54) is 44.5 Å². The van der Waals surface area contributed by atoms with Crippen LogP contribution in [0, 0.1) is 0 Å². The van der Waals surface area contributed by atoms with Crippen LogP contribution in [0.15, 0.2) is 126 Å². The van der Waals surface area contributed by atoms with Gasteiger partial charge in [0, 0.05) is 32.6 Å². The number of furan rings is 1. The molecule has 0 radical (unpaired) electrons. The van der Waals surface area contributed by atoms with Crippen molar-refractivity contribution in [2.45, 2.75) is 38.5 Å². The van der Waals surface area contributed by atoms with Crippen molar-refractivity contribution in [3.63, 3.8) is 0 Å². The second-order valence-electron chi connectivity index (χ2n) is 14.2. The topological polar surface area (TPSA) is 38.9 Å². The minimum Gasteiger partial charge on any atom is -0.455 e. The second kappa shape index (κ2) is 9.04. The highest BCUT2D eigenvalue weighted by Gasteiger charge is 2.37. The Bertz CT molecular complexity index is 2640. The predicted octanol–water partition coefficient (Wildman–Crippen LogP) is 11.5. The van der Waals surface area contributed by atoms with E-state index in [-0.39, 0.29) is 10.8 Å². The Kier molecular flexibility index (Phi) is 5.13. The van der Waals surface area contributed by atoms with E-state index in [0.29, 0.717) is 5.82 Å². The van der Waals surface area contributed by atoms with Crippen LogP contribution in [0.1, 0.15) is 49.9 Å². The first-order valence-corrected chi connectivity index (χ1v) is 16.4. The zero-order chi connectivity index (χ0) is 31.7. The van der Waals surface area contributed by atoms with Gasteiger partial charge in [-0.2, -0.15) is 0 Å². The van der Waals surface area contributed by atoms with Gasteiger partial charge in [-0.05, 0) is 74.8 Å². The summed E-state index contributed by atoms with van der Waals surface area (Å²) >= 11 is 0. The van der Waals surface area contributed by atoms with Gasteiger partial charge in [0.1, 0.15) is 11.2 Å². The minimum absolute atomic E-state index is 0.0932. The molecule has 0 aliphatic heterocycles. The van der Waals surface area contributed by atoms with Gasteiger partial charge in [0.2, 0.25) is 0 Å². The van der Waals surface area contributed by atoms with Gasteiger partial charge in [0.25, 0.3) is 0 Å². The van der Waals surface area contributed by atoms with Gasteiger partial charge in [0.05, 0.1) is 16.8 Å². The van der Waals surface area contributed by atoms with Crippen molar-refractivity contribution >= 4 is 32.8 Å². The Labute approximate surface area is 273 Å². The van der Waals surface area contributed by atoms with E-state index in [2.05, 4.69) is 143 Å². The SMILES string of the molecule is CC1(C)c2ccccc2-c2ccc(-c3nc(-c4cccc5c4oc4cc6c(cc45)-c4ccccc4C6(C)C)nc4ccccc34)cc21. The molecule has 6 aromatic carbocycles. The molecule has 224 valence electrons. The van der Waals surface area contributed by atoms with Crippen molar-refractivity contribution in [1.29, 1.82) is 0 Å². The van der Waals surface area contributed by atoms with Crippen molar-refractivity contribution < 1.29 is 4.42 Å². The maximum Gasteiger partial charge on any atom is 0.164 e. The molecule has 0 atom stereocenters. The summed E-state index contributed by atoms with van der Waals surface area (Å²) in [6, 6.07) is 43.6. The van der Waals surface area contributed by atoms with Gasteiger partial charge >= 0.3 is 0 Å². The molecular weight excluding hydrogens is 572 g/mol. The molecule has 2 aliphatic rings. The minimum atomic E-state index is -0.0944. The molecule has 2 aromatic heterocycles. The molecule has 10 rings (SSSR count). The average Bonchev–Trinajstić information content (AvgIpc) is 3.66. The smallest absolute Gasteiger partial charge is 0.164 e. The fraction of sp³-hybridized carbons (Fsp3) is 0.136. The average molecular weight is 605 g/mol. The number of nitrogens with zero attached hydrogens (tertiary/aromatic N) is 2. The predicted molar refractivity (Wildman–Crippen MR) is 193 cm³/mol. The van der Waals surface area contributed by atoms with Crippen LogP contribution in [0.4, 0.5) is 0 Å². The Morgan fingerprint density at radius 3 is 1.87 bits per heavy atom. The molecule has 0 saturated carbocycles. The lowest BCUT2D eigenvalue weighted by Crippen LogP contribution is -2.15. The van der Waals surface area contributed by atoms with E-state index in [1.54, 1.807) is 0 Å². The molecule has 0 amide bonds. The van der Waals surface area contributed by atoms with Crippen molar-refractivity contribution in [3.8, 4) is 44.9 Å². The fourth-order valence-electron chi connectivity index (χ4n) is 8.44. The molecule has 0 N–H and O–H groups in total. The molecule has 3 nitrogen and oxygen atoms in total. The third-order valence-corrected chi connectivity index (χ3v) is 10.9. The van der Waals surface area contributed by atoms with E-state index in [9.17, 15) is 0 Å². The largest absolute Gasteiger partial charge is 0.455 e. The van der Waals surface area contributed by atoms with E-state index >= 15 is 0 Å². The summed E-state index contributed by atoms with van der Waals surface area (Å²) in [5.41, 5.74) is 16.0. The third kappa shape index (κ3) is 3.52. The molecule has 8 aromatic rings. The third-order valence-electron chi connectivity index (χ3n) is 10.9. The van der Waals surface area contributed by atoms with E-state index in [4.69, 9.17) is 14.4 Å². The maximum absolute atomic E-state index is 6.76. The van der Waals surface area contributed by atoms with Crippen molar-refractivity contribution in [2.75, 3.05) is 0 Å². The first-order chi connectivity index (χ1) is 22.8. The molecule has 2 aliphatic carbocycles. The van der Waals surface area contributed by atoms with Gasteiger partial charge in [-0.1, -0.05) is 119 Å². The van der Waals surface area contributed by atoms with Crippen LogP contribution in [0.5, 0.6) is 0 Å². The first-order valence-electron chi connectivity index (χ1n) is 16.4. The standard InChI is InChI=1S/C44H32N2O/c1-43(2)34-17-8-5-12-26(34)28-21-20-25(22-36(28)43)40-30-14-7-10-19-38(30)45-42(46-40)31-16-11-15-29-33-23-32-27-13-6-9-18-35(27)44(3,4)37(32)24-39(33)47-41(29)31/h5-24H,1-4H3. The Morgan fingerprint density at radius 1 is 0.468 bits per heavy atom. The molecule has 0 bridgehead atoms. The summed E-state index contributed by atoms with van der Waals surface area (Å²) in [7, 11) is 0. The number of hydrogen-bond acceptors (Lipinski definition) is 3. The second-order valence-corrected chi connectivity index (χ2v) is 14.2. The lowest BCUT2D eigenvalue weighted by molar-refractivity contribution is 0.647. The number of fused-ring (bicyclic) bond motifs is 10. The number of rotatable bonds is 2. The fourth-order valence-corrected chi connectivity index (χ4v) is 8.44. The molecule has 0 spiro atoms. The maximum atomic E-state index is 6.76. The van der Waals surface area contributed by atoms with Crippen LogP contribution in [-0.2, 0) is 10.8 Å². The summed E-state index contributed by atoms with van der Waals surface area (Å²) in [5, 5.41) is 3.24. The van der Waals surface area contributed by atoms with Crippen LogP contribution >= 0.6 is 0 Å². The lowest BCUT2D eigenvalue weighted by atomic mass is 9.82. The van der Waals surface area contributed by atoms with Gasteiger partial charge in [-0.15, -0.1) is 0 Å². The van der Waals surface area contributed by atoms with Gasteiger partial charge in [-0.25, -0.2) is 9.97 Å². The summed E-state index contributed by atoms with van der Waals surface area (Å²) in [6.07, 6.45) is 0. The molecule has 0 fully saturated rings. The highest BCUT2D eigenvalue weighted by molar-refractivity contribution is 6.11. The van der Waals surface area contributed by atoms with E-state index in [1.807, 2.05) is 6.07 Å². The molecule has 2 heterocycles. The Morgan fingerprint density at radius 2 is 1.09 bits per heavy atom. The normalized spacial score (nSPS) is 15.1. The Hall–Kier alpha value is -5.54. The van der Waals surface area contributed by atoms with Crippen molar-refractivity contribution in [1.82, 2.24) is 9.97 Å². The van der Waals surface area contributed by atoms with Crippen molar-refractivity contribution in [3.05, 3.63) is 144 Å². The molecular formula is C44H32N2O. The van der Waals surface area contributed by atoms with E-state index < -0.39 is 0 Å². The quantitative estimate of drug-likeness (QED) is 0.197. The zero-order valence-corrected chi connectivity index (χ0v) is 26.8. The van der Waals surface area contributed by atoms with Gasteiger partial charge in [-0.3, -0.25) is 0 Å². The summed E-state index contributed by atoms with van der Waals surface area (Å²) < 4.78 is 6.76. The Balaban J connectivity index is 1.18. The summed E-state index contributed by atoms with van der Waals surface area (Å²) in [6.45, 7) is 9.26. The highest BCUT2D eigenvalue weighted by Crippen LogP contribution is 2.52. The first kappa shape index (κ1) is 26.7. The number of hydrogen-bond donors (Lipinski definition) is 0. The molecule has 47 heavy (non-hydrogen) atoms.